The summed E-state index contributed by atoms with van der Waals surface area (Å²) in [5.74, 6) is 2.37. The Morgan fingerprint density at radius 3 is 2.59 bits per heavy atom. The number of hydrogen-bond acceptors (Lipinski definition) is 3. The lowest BCUT2D eigenvalue weighted by atomic mass is 10.0. The average Bonchev–Trinajstić information content (AvgIpc) is 3.04. The molecule has 0 saturated carbocycles. The van der Waals surface area contributed by atoms with Gasteiger partial charge in [-0.25, -0.2) is 0 Å². The van der Waals surface area contributed by atoms with Gasteiger partial charge >= 0.3 is 0 Å². The standard InChI is InChI=1S/C18H19NOS2/c1-12-5-3-8-16(13(12)2)17(20)19-15-7-4-6-14(11-15)18-21-9-10-22-18/h3-8,11,18H,9-10H2,1-2H3,(H,19,20). The number of carbonyl (C=O) groups is 1. The number of thioether (sulfide) groups is 2. The Hall–Kier alpha value is -1.39. The van der Waals surface area contributed by atoms with E-state index < -0.39 is 0 Å². The first-order valence-electron chi connectivity index (χ1n) is 7.36. The summed E-state index contributed by atoms with van der Waals surface area (Å²) in [5.41, 5.74) is 5.08. The van der Waals surface area contributed by atoms with Gasteiger partial charge in [0.15, 0.2) is 0 Å². The van der Waals surface area contributed by atoms with Gasteiger partial charge in [0.1, 0.15) is 0 Å². The molecule has 0 spiro atoms. The fraction of sp³-hybridized carbons (Fsp3) is 0.278. The molecule has 1 heterocycles. The van der Waals surface area contributed by atoms with E-state index >= 15 is 0 Å². The van der Waals surface area contributed by atoms with Crippen LogP contribution in [0.3, 0.4) is 0 Å². The van der Waals surface area contributed by atoms with Gasteiger partial charge in [-0.1, -0.05) is 24.3 Å². The summed E-state index contributed by atoms with van der Waals surface area (Å²) in [5, 5.41) is 3.03. The molecule has 22 heavy (non-hydrogen) atoms. The Balaban J connectivity index is 1.79. The molecular formula is C18H19NOS2. The van der Waals surface area contributed by atoms with Crippen LogP contribution in [0.25, 0.3) is 0 Å². The smallest absolute Gasteiger partial charge is 0.255 e. The van der Waals surface area contributed by atoms with E-state index in [1.54, 1.807) is 0 Å². The molecule has 1 amide bonds. The van der Waals surface area contributed by atoms with Crippen molar-refractivity contribution in [2.24, 2.45) is 0 Å². The van der Waals surface area contributed by atoms with Crippen molar-refractivity contribution < 1.29 is 4.79 Å². The number of nitrogens with one attached hydrogen (secondary N) is 1. The maximum atomic E-state index is 12.5. The third-order valence-electron chi connectivity index (χ3n) is 3.89. The molecule has 0 atom stereocenters. The highest BCUT2D eigenvalue weighted by atomic mass is 32.2. The van der Waals surface area contributed by atoms with Crippen LogP contribution in [0.4, 0.5) is 5.69 Å². The topological polar surface area (TPSA) is 29.1 Å². The molecule has 0 aliphatic carbocycles. The first kappa shape index (κ1) is 15.5. The van der Waals surface area contributed by atoms with Crippen LogP contribution < -0.4 is 5.32 Å². The van der Waals surface area contributed by atoms with E-state index in [-0.39, 0.29) is 5.91 Å². The Bertz CT molecular complexity index is 693. The molecule has 1 aliphatic rings. The van der Waals surface area contributed by atoms with Crippen LogP contribution >= 0.6 is 23.5 Å². The number of aryl methyl sites for hydroxylation is 1. The van der Waals surface area contributed by atoms with Gasteiger partial charge in [0.25, 0.3) is 5.91 Å². The van der Waals surface area contributed by atoms with Crippen molar-refractivity contribution in [1.82, 2.24) is 0 Å². The van der Waals surface area contributed by atoms with E-state index in [0.29, 0.717) is 4.58 Å². The lowest BCUT2D eigenvalue weighted by Crippen LogP contribution is -2.14. The molecule has 0 radical (unpaired) electrons. The SMILES string of the molecule is Cc1cccc(C(=O)Nc2cccc(C3SCCS3)c2)c1C. The third kappa shape index (κ3) is 3.33. The van der Waals surface area contributed by atoms with E-state index in [9.17, 15) is 4.79 Å². The normalized spacial score (nSPS) is 15.0. The van der Waals surface area contributed by atoms with Gasteiger partial charge in [-0.3, -0.25) is 4.79 Å². The summed E-state index contributed by atoms with van der Waals surface area (Å²) >= 11 is 3.95. The number of anilines is 1. The quantitative estimate of drug-likeness (QED) is 0.856. The van der Waals surface area contributed by atoms with E-state index in [4.69, 9.17) is 0 Å². The molecular weight excluding hydrogens is 310 g/mol. The van der Waals surface area contributed by atoms with Gasteiger partial charge in [0.05, 0.1) is 4.58 Å². The van der Waals surface area contributed by atoms with E-state index in [0.717, 1.165) is 22.4 Å². The second-order valence-electron chi connectivity index (χ2n) is 5.40. The second kappa shape index (κ2) is 6.80. The molecule has 1 saturated heterocycles. The number of hydrogen-bond donors (Lipinski definition) is 1. The van der Waals surface area contributed by atoms with E-state index in [1.807, 2.05) is 67.7 Å². The molecule has 2 aromatic rings. The largest absolute Gasteiger partial charge is 0.322 e. The highest BCUT2D eigenvalue weighted by molar-refractivity contribution is 8.19. The lowest BCUT2D eigenvalue weighted by Gasteiger charge is -2.12. The molecule has 0 unspecified atom stereocenters. The van der Waals surface area contributed by atoms with Crippen molar-refractivity contribution in [3.05, 3.63) is 64.7 Å². The van der Waals surface area contributed by atoms with Crippen LogP contribution in [0.15, 0.2) is 42.5 Å². The molecule has 1 N–H and O–H groups in total. The van der Waals surface area contributed by atoms with E-state index in [1.165, 1.54) is 17.1 Å². The minimum atomic E-state index is -0.0370. The maximum Gasteiger partial charge on any atom is 0.255 e. The predicted molar refractivity (Wildman–Crippen MR) is 98.0 cm³/mol. The van der Waals surface area contributed by atoms with Gasteiger partial charge in [-0.15, -0.1) is 23.5 Å². The summed E-state index contributed by atoms with van der Waals surface area (Å²) in [7, 11) is 0. The van der Waals surface area contributed by atoms with Gasteiger partial charge in [-0.05, 0) is 48.7 Å². The van der Waals surface area contributed by atoms with Crippen LogP contribution in [0.1, 0.15) is 31.6 Å². The Labute approximate surface area is 140 Å². The Morgan fingerprint density at radius 2 is 1.82 bits per heavy atom. The molecule has 2 nitrogen and oxygen atoms in total. The first-order valence-corrected chi connectivity index (χ1v) is 9.45. The van der Waals surface area contributed by atoms with Crippen LogP contribution in [0, 0.1) is 13.8 Å². The Morgan fingerprint density at radius 1 is 1.09 bits per heavy atom. The summed E-state index contributed by atoms with van der Waals surface area (Å²) in [6.07, 6.45) is 0. The number of benzene rings is 2. The van der Waals surface area contributed by atoms with Crippen molar-refractivity contribution in [3.8, 4) is 0 Å². The zero-order valence-electron chi connectivity index (χ0n) is 12.8. The van der Waals surface area contributed by atoms with Crippen LogP contribution in [0.5, 0.6) is 0 Å². The molecule has 3 rings (SSSR count). The molecule has 0 aromatic heterocycles. The zero-order valence-corrected chi connectivity index (χ0v) is 14.4. The first-order chi connectivity index (χ1) is 10.6. The fourth-order valence-electron chi connectivity index (χ4n) is 2.51. The monoisotopic (exact) mass is 329 g/mol. The minimum absolute atomic E-state index is 0.0370. The van der Waals surface area contributed by atoms with Crippen molar-refractivity contribution in [2.75, 3.05) is 16.8 Å². The van der Waals surface area contributed by atoms with Crippen molar-refractivity contribution in [1.29, 1.82) is 0 Å². The van der Waals surface area contributed by atoms with Gasteiger partial charge in [0.2, 0.25) is 0 Å². The van der Waals surface area contributed by atoms with E-state index in [2.05, 4.69) is 17.4 Å². The molecule has 1 aliphatic heterocycles. The van der Waals surface area contributed by atoms with Crippen molar-refractivity contribution in [2.45, 2.75) is 18.4 Å². The zero-order chi connectivity index (χ0) is 15.5. The van der Waals surface area contributed by atoms with Crippen molar-refractivity contribution in [3.63, 3.8) is 0 Å². The fourth-order valence-corrected chi connectivity index (χ4v) is 5.35. The third-order valence-corrected chi connectivity index (χ3v) is 6.99. The number of amides is 1. The molecule has 114 valence electrons. The van der Waals surface area contributed by atoms with Gasteiger partial charge in [0, 0.05) is 22.8 Å². The number of rotatable bonds is 3. The van der Waals surface area contributed by atoms with Crippen LogP contribution in [0.2, 0.25) is 0 Å². The molecule has 4 heteroatoms. The number of carbonyl (C=O) groups excluding carboxylic acids is 1. The second-order valence-corrected chi connectivity index (χ2v) is 8.12. The summed E-state index contributed by atoms with van der Waals surface area (Å²) in [6, 6.07) is 14.1. The maximum absolute atomic E-state index is 12.5. The van der Waals surface area contributed by atoms with Crippen LogP contribution in [-0.4, -0.2) is 17.4 Å². The molecule has 1 fully saturated rings. The summed E-state index contributed by atoms with van der Waals surface area (Å²) in [4.78, 5) is 12.5. The minimum Gasteiger partial charge on any atom is -0.322 e. The summed E-state index contributed by atoms with van der Waals surface area (Å²) < 4.78 is 0.498. The summed E-state index contributed by atoms with van der Waals surface area (Å²) in [6.45, 7) is 4.02. The van der Waals surface area contributed by atoms with Crippen LogP contribution in [-0.2, 0) is 0 Å². The highest BCUT2D eigenvalue weighted by Crippen LogP contribution is 2.45. The lowest BCUT2D eigenvalue weighted by molar-refractivity contribution is 0.102. The average molecular weight is 329 g/mol. The van der Waals surface area contributed by atoms with Gasteiger partial charge in [-0.2, -0.15) is 0 Å². The van der Waals surface area contributed by atoms with Crippen molar-refractivity contribution >= 4 is 35.1 Å². The predicted octanol–water partition coefficient (Wildman–Crippen LogP) is 5.03. The van der Waals surface area contributed by atoms with Gasteiger partial charge < -0.3 is 5.32 Å². The highest BCUT2D eigenvalue weighted by Gasteiger charge is 2.18. The molecule has 2 aromatic carbocycles. The molecule has 0 bridgehead atoms. The Kier molecular flexibility index (Phi) is 4.79.